The lowest BCUT2D eigenvalue weighted by atomic mass is 9.97. The third-order valence-corrected chi connectivity index (χ3v) is 4.00. The maximum atomic E-state index is 11.4. The van der Waals surface area contributed by atoms with E-state index in [0.717, 1.165) is 34.7 Å². The first kappa shape index (κ1) is 14.2. The van der Waals surface area contributed by atoms with Crippen LogP contribution in [0, 0.1) is 0 Å². The van der Waals surface area contributed by atoms with E-state index in [4.69, 9.17) is 4.98 Å². The lowest BCUT2D eigenvalue weighted by Gasteiger charge is -2.10. The van der Waals surface area contributed by atoms with Gasteiger partial charge in [0.15, 0.2) is 6.29 Å². The summed E-state index contributed by atoms with van der Waals surface area (Å²) in [5.74, 6) is 0. The Balaban J connectivity index is 2.08. The lowest BCUT2D eigenvalue weighted by molar-refractivity contribution is 0.111. The molecule has 114 valence electrons. The highest BCUT2D eigenvalue weighted by atomic mass is 16.1. The molecule has 1 heterocycles. The van der Waals surface area contributed by atoms with Crippen molar-refractivity contribution < 1.29 is 9.59 Å². The van der Waals surface area contributed by atoms with Crippen LogP contribution < -0.4 is 0 Å². The summed E-state index contributed by atoms with van der Waals surface area (Å²) in [6.07, 6.45) is 1.56. The van der Waals surface area contributed by atoms with E-state index in [1.807, 2.05) is 42.5 Å². The van der Waals surface area contributed by atoms with Gasteiger partial charge in [-0.1, -0.05) is 36.4 Å². The van der Waals surface area contributed by atoms with Crippen molar-refractivity contribution in [3.8, 4) is 11.1 Å². The number of hydrogen-bond donors (Lipinski definition) is 0. The van der Waals surface area contributed by atoms with Crippen LogP contribution in [0.25, 0.3) is 33.2 Å². The van der Waals surface area contributed by atoms with Crippen LogP contribution >= 0.6 is 0 Å². The van der Waals surface area contributed by atoms with E-state index < -0.39 is 0 Å². The van der Waals surface area contributed by atoms with Crippen molar-refractivity contribution in [2.45, 2.75) is 0 Å². The second kappa shape index (κ2) is 5.66. The number of aromatic nitrogens is 2. The molecule has 0 N–H and O–H groups in total. The van der Waals surface area contributed by atoms with Gasteiger partial charge in [0.25, 0.3) is 0 Å². The molecule has 0 aliphatic rings. The quantitative estimate of drug-likeness (QED) is 0.422. The van der Waals surface area contributed by atoms with Crippen LogP contribution in [0.3, 0.4) is 0 Å². The summed E-state index contributed by atoms with van der Waals surface area (Å²) in [5, 5.41) is 0. The number of carbonyl (C=O) groups excluding carboxylic acids is 2. The average Bonchev–Trinajstić information content (AvgIpc) is 2.65. The topological polar surface area (TPSA) is 59.9 Å². The van der Waals surface area contributed by atoms with Crippen LogP contribution in [0.5, 0.6) is 0 Å². The summed E-state index contributed by atoms with van der Waals surface area (Å²) in [6, 6.07) is 18.3. The summed E-state index contributed by atoms with van der Waals surface area (Å²) in [5.41, 5.74) is 5.57. The predicted octanol–water partition coefficient (Wildman–Crippen LogP) is 4.08. The average molecular weight is 312 g/mol. The molecule has 4 aromatic rings. The number of fused-ring (bicyclic) bond motifs is 2. The van der Waals surface area contributed by atoms with E-state index in [2.05, 4.69) is 4.98 Å². The molecule has 0 spiro atoms. The summed E-state index contributed by atoms with van der Waals surface area (Å²) in [4.78, 5) is 31.9. The Morgan fingerprint density at radius 3 is 2.17 bits per heavy atom. The second-order valence-electron chi connectivity index (χ2n) is 5.47. The van der Waals surface area contributed by atoms with Crippen LogP contribution in [0.2, 0.25) is 0 Å². The van der Waals surface area contributed by atoms with Gasteiger partial charge in [0.2, 0.25) is 0 Å². The molecule has 0 unspecified atom stereocenters. The molecule has 0 saturated heterocycles. The van der Waals surface area contributed by atoms with Gasteiger partial charge < -0.3 is 0 Å². The van der Waals surface area contributed by atoms with Crippen molar-refractivity contribution in [2.75, 3.05) is 0 Å². The normalized spacial score (nSPS) is 10.8. The van der Waals surface area contributed by atoms with Crippen molar-refractivity contribution in [2.24, 2.45) is 0 Å². The Hall–Kier alpha value is -3.40. The van der Waals surface area contributed by atoms with Crippen LogP contribution in [0.4, 0.5) is 0 Å². The van der Waals surface area contributed by atoms with E-state index >= 15 is 0 Å². The molecule has 0 saturated carbocycles. The van der Waals surface area contributed by atoms with E-state index in [1.165, 1.54) is 0 Å². The van der Waals surface area contributed by atoms with Gasteiger partial charge >= 0.3 is 0 Å². The van der Waals surface area contributed by atoms with Gasteiger partial charge in [-0.05, 0) is 29.8 Å². The zero-order valence-corrected chi connectivity index (χ0v) is 12.6. The Bertz CT molecular complexity index is 1100. The highest BCUT2D eigenvalue weighted by Crippen LogP contribution is 2.30. The molecule has 4 nitrogen and oxygen atoms in total. The lowest BCUT2D eigenvalue weighted by Crippen LogP contribution is -1.94. The highest BCUT2D eigenvalue weighted by Gasteiger charge is 2.12. The van der Waals surface area contributed by atoms with Crippen LogP contribution in [-0.2, 0) is 0 Å². The van der Waals surface area contributed by atoms with Crippen LogP contribution in [0.1, 0.15) is 20.7 Å². The van der Waals surface area contributed by atoms with Gasteiger partial charge in [0.1, 0.15) is 6.29 Å². The fourth-order valence-electron chi connectivity index (χ4n) is 2.84. The van der Waals surface area contributed by atoms with Crippen molar-refractivity contribution in [3.63, 3.8) is 0 Å². The number of benzene rings is 3. The van der Waals surface area contributed by atoms with E-state index in [0.29, 0.717) is 22.2 Å². The maximum Gasteiger partial charge on any atom is 0.150 e. The SMILES string of the molecule is O=Cc1ccc(C=O)c(-c2cccc3nc4ccccc4nc23)c1. The molecule has 4 rings (SSSR count). The molecule has 0 fully saturated rings. The number of hydrogen-bond acceptors (Lipinski definition) is 4. The second-order valence-corrected chi connectivity index (χ2v) is 5.47. The van der Waals surface area contributed by atoms with Gasteiger partial charge in [-0.25, -0.2) is 9.97 Å². The van der Waals surface area contributed by atoms with Gasteiger partial charge in [-0.2, -0.15) is 0 Å². The summed E-state index contributed by atoms with van der Waals surface area (Å²) in [6.45, 7) is 0. The van der Waals surface area contributed by atoms with Crippen molar-refractivity contribution >= 4 is 34.6 Å². The Morgan fingerprint density at radius 1 is 0.667 bits per heavy atom. The minimum atomic E-state index is 0.515. The van der Waals surface area contributed by atoms with Gasteiger partial charge in [0.05, 0.1) is 22.1 Å². The zero-order valence-electron chi connectivity index (χ0n) is 12.6. The minimum absolute atomic E-state index is 0.515. The van der Waals surface area contributed by atoms with Gasteiger partial charge in [0, 0.05) is 16.7 Å². The molecule has 0 bridgehead atoms. The Morgan fingerprint density at radius 2 is 1.42 bits per heavy atom. The van der Waals surface area contributed by atoms with Crippen molar-refractivity contribution in [1.29, 1.82) is 0 Å². The predicted molar refractivity (Wildman–Crippen MR) is 93.3 cm³/mol. The highest BCUT2D eigenvalue weighted by molar-refractivity contribution is 6.00. The van der Waals surface area contributed by atoms with Crippen molar-refractivity contribution in [1.82, 2.24) is 9.97 Å². The number of rotatable bonds is 3. The summed E-state index contributed by atoms with van der Waals surface area (Å²) in [7, 11) is 0. The monoisotopic (exact) mass is 312 g/mol. The Kier molecular flexibility index (Phi) is 3.35. The van der Waals surface area contributed by atoms with E-state index in [-0.39, 0.29) is 0 Å². The molecular formula is C20H12N2O2. The van der Waals surface area contributed by atoms with Crippen molar-refractivity contribution in [3.05, 3.63) is 71.8 Å². The largest absolute Gasteiger partial charge is 0.298 e. The smallest absolute Gasteiger partial charge is 0.150 e. The molecule has 0 atom stereocenters. The third-order valence-electron chi connectivity index (χ3n) is 4.00. The fourth-order valence-corrected chi connectivity index (χ4v) is 2.84. The standard InChI is InChI=1S/C20H12N2O2/c23-11-13-8-9-14(12-24)16(10-13)15-4-3-7-19-20(15)22-18-6-2-1-5-17(18)21-19/h1-12H. The third kappa shape index (κ3) is 2.25. The summed E-state index contributed by atoms with van der Waals surface area (Å²) < 4.78 is 0. The molecule has 4 heteroatoms. The molecule has 0 radical (unpaired) electrons. The molecule has 1 aromatic heterocycles. The number of aldehydes is 2. The minimum Gasteiger partial charge on any atom is -0.298 e. The summed E-state index contributed by atoms with van der Waals surface area (Å²) >= 11 is 0. The molecule has 3 aromatic carbocycles. The number of nitrogens with zero attached hydrogens (tertiary/aromatic N) is 2. The van der Waals surface area contributed by atoms with E-state index in [9.17, 15) is 9.59 Å². The maximum absolute atomic E-state index is 11.4. The molecule has 0 amide bonds. The Labute approximate surface area is 137 Å². The fraction of sp³-hybridized carbons (Fsp3) is 0. The van der Waals surface area contributed by atoms with Gasteiger partial charge in [-0.3, -0.25) is 9.59 Å². The molecule has 0 aliphatic heterocycles. The number of carbonyl (C=O) groups is 2. The first-order chi connectivity index (χ1) is 11.8. The van der Waals surface area contributed by atoms with Crippen LogP contribution in [-0.4, -0.2) is 22.5 Å². The zero-order chi connectivity index (χ0) is 16.5. The van der Waals surface area contributed by atoms with Gasteiger partial charge in [-0.15, -0.1) is 0 Å². The number of para-hydroxylation sites is 3. The molecular weight excluding hydrogens is 300 g/mol. The van der Waals surface area contributed by atoms with Crippen LogP contribution in [0.15, 0.2) is 60.7 Å². The first-order valence-electron chi connectivity index (χ1n) is 7.50. The molecule has 24 heavy (non-hydrogen) atoms. The first-order valence-corrected chi connectivity index (χ1v) is 7.50. The molecule has 0 aliphatic carbocycles. The van der Waals surface area contributed by atoms with E-state index in [1.54, 1.807) is 18.2 Å².